The number of benzene rings is 2. The van der Waals surface area contributed by atoms with Crippen LogP contribution in [0.5, 0.6) is 5.75 Å². The zero-order valence-electron chi connectivity index (χ0n) is 21.6. The molecule has 1 aliphatic rings. The van der Waals surface area contributed by atoms with Crippen LogP contribution in [0.4, 0.5) is 0 Å². The number of fused-ring (bicyclic) bond motifs is 1. The summed E-state index contributed by atoms with van der Waals surface area (Å²) in [6.45, 7) is 10.4. The van der Waals surface area contributed by atoms with Gasteiger partial charge in [0.2, 0.25) is 5.91 Å². The lowest BCUT2D eigenvalue weighted by atomic mass is 10.2. The molecule has 1 fully saturated rings. The van der Waals surface area contributed by atoms with Crippen molar-refractivity contribution < 1.29 is 9.53 Å². The molecule has 0 atom stereocenters. The second kappa shape index (κ2) is 12.5. The van der Waals surface area contributed by atoms with Crippen LogP contribution in [0.15, 0.2) is 42.5 Å². The minimum atomic E-state index is 0.212. The van der Waals surface area contributed by atoms with Crippen molar-refractivity contribution >= 4 is 28.5 Å². The maximum atomic E-state index is 12.3. The van der Waals surface area contributed by atoms with E-state index in [0.29, 0.717) is 18.2 Å². The van der Waals surface area contributed by atoms with Crippen molar-refractivity contribution in [2.24, 2.45) is 0 Å². The van der Waals surface area contributed by atoms with Crippen molar-refractivity contribution in [1.82, 2.24) is 29.7 Å². The van der Waals surface area contributed by atoms with Crippen LogP contribution in [-0.4, -0.2) is 94.6 Å². The molecule has 1 amide bonds. The van der Waals surface area contributed by atoms with Crippen LogP contribution in [-0.2, 0) is 4.79 Å². The number of halogens is 1. The van der Waals surface area contributed by atoms with Gasteiger partial charge < -0.3 is 14.5 Å². The first kappa shape index (κ1) is 26.4. The summed E-state index contributed by atoms with van der Waals surface area (Å²) in [5.41, 5.74) is 2.66. The number of carbonyl (C=O) groups excluding carboxylic acids is 1. The summed E-state index contributed by atoms with van der Waals surface area (Å²) in [6, 6.07) is 13.7. The van der Waals surface area contributed by atoms with E-state index >= 15 is 0 Å². The van der Waals surface area contributed by atoms with E-state index in [1.807, 2.05) is 54.4 Å². The topological polar surface area (TPSA) is 66.7 Å². The van der Waals surface area contributed by atoms with Crippen molar-refractivity contribution in [3.8, 4) is 11.4 Å². The molecule has 1 aromatic heterocycles. The highest BCUT2D eigenvalue weighted by molar-refractivity contribution is 6.30. The Labute approximate surface area is 218 Å². The first-order valence-corrected chi connectivity index (χ1v) is 13.2. The minimum Gasteiger partial charge on any atom is -0.494 e. The van der Waals surface area contributed by atoms with Gasteiger partial charge in [0.05, 0.1) is 24.4 Å². The van der Waals surface area contributed by atoms with Crippen molar-refractivity contribution in [1.29, 1.82) is 0 Å². The summed E-state index contributed by atoms with van der Waals surface area (Å²) in [5.74, 6) is 1.03. The quantitative estimate of drug-likeness (QED) is 0.360. The van der Waals surface area contributed by atoms with E-state index in [1.54, 1.807) is 4.68 Å². The van der Waals surface area contributed by atoms with Crippen molar-refractivity contribution in [2.75, 3.05) is 52.9 Å². The third-order valence-electron chi connectivity index (χ3n) is 6.87. The fourth-order valence-corrected chi connectivity index (χ4v) is 4.46. The van der Waals surface area contributed by atoms with Crippen LogP contribution in [0.2, 0.25) is 5.02 Å². The third kappa shape index (κ3) is 6.96. The molecular formula is C27H37ClN6O2. The van der Waals surface area contributed by atoms with Gasteiger partial charge in [0.15, 0.2) is 0 Å². The van der Waals surface area contributed by atoms with E-state index in [9.17, 15) is 4.79 Å². The Morgan fingerprint density at radius 3 is 2.47 bits per heavy atom. The number of carbonyl (C=O) groups is 1. The number of unbranched alkanes of at least 4 members (excludes halogenated alkanes) is 2. The lowest BCUT2D eigenvalue weighted by Gasteiger charge is -2.35. The van der Waals surface area contributed by atoms with Crippen LogP contribution in [0.1, 0.15) is 33.1 Å². The smallest absolute Gasteiger partial charge is 0.236 e. The highest BCUT2D eigenvalue weighted by atomic mass is 35.5. The zero-order chi connectivity index (χ0) is 25.5. The normalized spacial score (nSPS) is 15.0. The Balaban J connectivity index is 1.12. The molecule has 0 aliphatic carbocycles. The molecule has 0 radical (unpaired) electrons. The maximum Gasteiger partial charge on any atom is 0.236 e. The molecule has 0 saturated carbocycles. The summed E-state index contributed by atoms with van der Waals surface area (Å²) in [5, 5.41) is 9.27. The van der Waals surface area contributed by atoms with Crippen LogP contribution in [0.25, 0.3) is 16.7 Å². The molecule has 0 spiro atoms. The van der Waals surface area contributed by atoms with E-state index in [2.05, 4.69) is 34.0 Å². The summed E-state index contributed by atoms with van der Waals surface area (Å²) < 4.78 is 7.78. The number of hydrogen-bond donors (Lipinski definition) is 0. The molecule has 0 bridgehead atoms. The molecule has 0 N–H and O–H groups in total. The monoisotopic (exact) mass is 512 g/mol. The van der Waals surface area contributed by atoms with Crippen LogP contribution < -0.4 is 4.74 Å². The number of aromatic nitrogens is 3. The Kier molecular flexibility index (Phi) is 9.18. The fourth-order valence-electron chi connectivity index (χ4n) is 4.33. The first-order valence-electron chi connectivity index (χ1n) is 12.9. The molecule has 8 nitrogen and oxygen atoms in total. The molecule has 2 aromatic carbocycles. The molecular weight excluding hydrogens is 476 g/mol. The molecule has 1 aliphatic heterocycles. The largest absolute Gasteiger partial charge is 0.494 e. The summed E-state index contributed by atoms with van der Waals surface area (Å²) in [4.78, 5) is 18.9. The highest BCUT2D eigenvalue weighted by Gasteiger charge is 2.21. The standard InChI is InChI=1S/C27H37ClN6O2/c1-21(2)31(3)27(35)20-33-16-14-32(15-17-33)13-5-4-6-18-36-24-11-12-26-25(19-24)29-30-34(26)23-9-7-22(28)8-10-23/h7-12,19,21H,4-6,13-18,20H2,1-3H3. The number of likely N-dealkylation sites (N-methyl/N-ethyl adjacent to an activating group) is 1. The summed E-state index contributed by atoms with van der Waals surface area (Å²) >= 11 is 5.99. The van der Waals surface area contributed by atoms with E-state index in [1.165, 1.54) is 0 Å². The van der Waals surface area contributed by atoms with Crippen molar-refractivity contribution in [2.45, 2.75) is 39.2 Å². The van der Waals surface area contributed by atoms with Gasteiger partial charge in [-0.05, 0) is 76.1 Å². The number of rotatable bonds is 11. The number of amides is 1. The van der Waals surface area contributed by atoms with Gasteiger partial charge >= 0.3 is 0 Å². The Hall–Kier alpha value is -2.68. The van der Waals surface area contributed by atoms with E-state index < -0.39 is 0 Å². The Morgan fingerprint density at radius 1 is 1.03 bits per heavy atom. The van der Waals surface area contributed by atoms with Gasteiger partial charge in [0.1, 0.15) is 11.3 Å². The number of hydrogen-bond acceptors (Lipinski definition) is 6. The van der Waals surface area contributed by atoms with Gasteiger partial charge in [-0.1, -0.05) is 16.8 Å². The molecule has 194 valence electrons. The molecule has 3 aromatic rings. The van der Waals surface area contributed by atoms with Gasteiger partial charge in [0.25, 0.3) is 0 Å². The van der Waals surface area contributed by atoms with Crippen LogP contribution in [0, 0.1) is 0 Å². The lowest BCUT2D eigenvalue weighted by molar-refractivity contribution is -0.133. The first-order chi connectivity index (χ1) is 17.4. The van der Waals surface area contributed by atoms with Gasteiger partial charge in [-0.2, -0.15) is 0 Å². The van der Waals surface area contributed by atoms with E-state index in [-0.39, 0.29) is 11.9 Å². The van der Waals surface area contributed by atoms with Crippen LogP contribution >= 0.6 is 11.6 Å². The second-order valence-corrected chi connectivity index (χ2v) is 10.2. The van der Waals surface area contributed by atoms with Gasteiger partial charge in [0, 0.05) is 50.4 Å². The minimum absolute atomic E-state index is 0.212. The lowest BCUT2D eigenvalue weighted by Crippen LogP contribution is -2.50. The fraction of sp³-hybridized carbons (Fsp3) is 0.519. The summed E-state index contributed by atoms with van der Waals surface area (Å²) in [6.07, 6.45) is 3.31. The average molecular weight is 513 g/mol. The van der Waals surface area contributed by atoms with Crippen molar-refractivity contribution in [3.63, 3.8) is 0 Å². The van der Waals surface area contributed by atoms with Gasteiger partial charge in [-0.25, -0.2) is 4.68 Å². The molecule has 0 unspecified atom stereocenters. The molecule has 4 rings (SSSR count). The molecule has 36 heavy (non-hydrogen) atoms. The zero-order valence-corrected chi connectivity index (χ0v) is 22.3. The summed E-state index contributed by atoms with van der Waals surface area (Å²) in [7, 11) is 1.89. The van der Waals surface area contributed by atoms with E-state index in [0.717, 1.165) is 74.5 Å². The Bertz CT molecular complexity index is 1120. The molecule has 1 saturated heterocycles. The Morgan fingerprint density at radius 2 is 1.75 bits per heavy atom. The number of ether oxygens (including phenoxy) is 1. The van der Waals surface area contributed by atoms with Crippen molar-refractivity contribution in [3.05, 3.63) is 47.5 Å². The number of nitrogens with zero attached hydrogens (tertiary/aromatic N) is 6. The predicted molar refractivity (Wildman–Crippen MR) is 144 cm³/mol. The molecule has 9 heteroatoms. The second-order valence-electron chi connectivity index (χ2n) is 9.75. The highest BCUT2D eigenvalue weighted by Crippen LogP contribution is 2.22. The van der Waals surface area contributed by atoms with E-state index in [4.69, 9.17) is 16.3 Å². The van der Waals surface area contributed by atoms with Crippen LogP contribution in [0.3, 0.4) is 0 Å². The third-order valence-corrected chi connectivity index (χ3v) is 7.12. The molecule has 2 heterocycles. The average Bonchev–Trinajstić information content (AvgIpc) is 3.30. The van der Waals surface area contributed by atoms with Gasteiger partial charge in [-0.3, -0.25) is 9.69 Å². The predicted octanol–water partition coefficient (Wildman–Crippen LogP) is 4.11. The maximum absolute atomic E-state index is 12.3. The number of piperazine rings is 1. The van der Waals surface area contributed by atoms with Gasteiger partial charge in [-0.15, -0.1) is 5.10 Å². The SMILES string of the molecule is CC(C)N(C)C(=O)CN1CCN(CCCCCOc2ccc3c(c2)nnn3-c2ccc(Cl)cc2)CC1.